The van der Waals surface area contributed by atoms with Crippen LogP contribution in [0, 0.1) is 13.8 Å². The second-order valence-electron chi connectivity index (χ2n) is 7.54. The van der Waals surface area contributed by atoms with Gasteiger partial charge in [-0.2, -0.15) is 0 Å². The molecular formula is C31H32O2Ti. The van der Waals surface area contributed by atoms with Crippen molar-refractivity contribution < 1.29 is 30.2 Å². The van der Waals surface area contributed by atoms with Crippen LogP contribution in [0.25, 0.3) is 43.1 Å². The quantitative estimate of drug-likeness (QED) is 0.177. The second kappa shape index (κ2) is 13.7. The second-order valence-corrected chi connectivity index (χ2v) is 7.54. The molecule has 34 heavy (non-hydrogen) atoms. The van der Waals surface area contributed by atoms with Gasteiger partial charge in [0.05, 0.1) is 0 Å². The van der Waals surface area contributed by atoms with Crippen LogP contribution >= 0.6 is 0 Å². The van der Waals surface area contributed by atoms with E-state index in [-0.39, 0.29) is 0 Å². The number of rotatable bonds is 0. The van der Waals surface area contributed by atoms with Gasteiger partial charge >= 0.3 is 24.8 Å². The summed E-state index contributed by atoms with van der Waals surface area (Å²) < 4.78 is 0. The Morgan fingerprint density at radius 3 is 1.21 bits per heavy atom. The van der Waals surface area contributed by atoms with E-state index in [0.717, 1.165) is 14.2 Å². The van der Waals surface area contributed by atoms with E-state index in [2.05, 4.69) is 116 Å². The van der Waals surface area contributed by atoms with Crippen LogP contribution in [0.4, 0.5) is 0 Å². The minimum absolute atomic E-state index is 1.00. The number of benzene rings is 4. The molecule has 0 aliphatic rings. The van der Waals surface area contributed by atoms with Crippen molar-refractivity contribution in [3.05, 3.63) is 108 Å². The van der Waals surface area contributed by atoms with Crippen LogP contribution < -0.4 is 0 Å². The van der Waals surface area contributed by atoms with E-state index < -0.39 is 0 Å². The Bertz CT molecular complexity index is 1340. The van der Waals surface area contributed by atoms with Gasteiger partial charge in [-0.05, 0) is 0 Å². The number of hydrogen-bond donors (Lipinski definition) is 2. The van der Waals surface area contributed by atoms with Crippen molar-refractivity contribution in [2.75, 3.05) is 14.2 Å². The molecule has 6 aromatic rings. The number of hydrogen-bond acceptors (Lipinski definition) is 2. The summed E-state index contributed by atoms with van der Waals surface area (Å²) in [7, 11) is 2.00. The average molecular weight is 484 g/mol. The molecule has 0 bridgehead atoms. The molecule has 0 heterocycles. The Labute approximate surface area is 213 Å². The Morgan fingerprint density at radius 1 is 0.500 bits per heavy atom. The standard InChI is InChI=1S/2C14H11.2CH4O.CH2.Ti/c2*1-10-5-4-8-13-12-7-3-2-6-11(12)9-14(10)13;2*1-2;;/h2*2-9H,1H3;2*2H,1H3;1H2;/q2*-1;;;;+2. The van der Waals surface area contributed by atoms with E-state index in [1.165, 1.54) is 54.2 Å². The van der Waals surface area contributed by atoms with Crippen LogP contribution in [0.3, 0.4) is 0 Å². The van der Waals surface area contributed by atoms with Crippen LogP contribution in [-0.2, 0) is 20.0 Å². The van der Waals surface area contributed by atoms with Gasteiger partial charge in [-0.25, -0.2) is 0 Å². The molecule has 0 amide bonds. The predicted molar refractivity (Wildman–Crippen MR) is 147 cm³/mol. The van der Waals surface area contributed by atoms with E-state index in [9.17, 15) is 0 Å². The van der Waals surface area contributed by atoms with Gasteiger partial charge in [0.15, 0.2) is 0 Å². The van der Waals surface area contributed by atoms with Crippen LogP contribution in [-0.4, -0.2) is 29.2 Å². The van der Waals surface area contributed by atoms with E-state index in [1.807, 2.05) is 0 Å². The molecule has 0 saturated heterocycles. The molecule has 0 fully saturated rings. The Hall–Kier alpha value is -2.88. The summed E-state index contributed by atoms with van der Waals surface area (Å²) in [6.07, 6.45) is 0. The predicted octanol–water partition coefficient (Wildman–Crippen LogP) is 7.22. The zero-order valence-electron chi connectivity index (χ0n) is 20.3. The van der Waals surface area contributed by atoms with Gasteiger partial charge in [-0.1, -0.05) is 86.6 Å². The van der Waals surface area contributed by atoms with E-state index in [4.69, 9.17) is 10.2 Å². The summed E-state index contributed by atoms with van der Waals surface area (Å²) in [5.41, 5.74) is 2.72. The van der Waals surface area contributed by atoms with E-state index in [0.29, 0.717) is 0 Å². The molecule has 0 aliphatic heterocycles. The summed E-state index contributed by atoms with van der Waals surface area (Å²) >= 11 is 1.75. The van der Waals surface area contributed by atoms with Crippen molar-refractivity contribution >= 4 is 47.9 Å². The number of aryl methyl sites for hydroxylation is 2. The SMILES string of the molecule is CO.CO.Cc1cccc2c1[cH-]c1ccccc12.Cc1cccc2c1[cH-]c1ccccc12.[CH2]=[Ti+2]. The molecule has 0 radical (unpaired) electrons. The summed E-state index contributed by atoms with van der Waals surface area (Å²) in [5.74, 6) is 0. The summed E-state index contributed by atoms with van der Waals surface area (Å²) in [6, 6.07) is 34.7. The molecule has 2 nitrogen and oxygen atoms in total. The zero-order valence-corrected chi connectivity index (χ0v) is 21.9. The maximum atomic E-state index is 7.00. The topological polar surface area (TPSA) is 40.5 Å². The Morgan fingerprint density at radius 2 is 0.824 bits per heavy atom. The van der Waals surface area contributed by atoms with Crippen LogP contribution in [0.1, 0.15) is 11.1 Å². The molecule has 6 aromatic carbocycles. The number of fused-ring (bicyclic) bond motifs is 6. The molecule has 0 aromatic heterocycles. The zero-order chi connectivity index (χ0) is 25.1. The summed E-state index contributed by atoms with van der Waals surface area (Å²) in [6.45, 7) is 4.34. The third-order valence-corrected chi connectivity index (χ3v) is 5.75. The fraction of sp³-hybridized carbons (Fsp3) is 0.129. The van der Waals surface area contributed by atoms with Crippen LogP contribution in [0.2, 0.25) is 0 Å². The third kappa shape index (κ3) is 5.78. The Kier molecular flexibility index (Phi) is 11.1. The van der Waals surface area contributed by atoms with E-state index >= 15 is 0 Å². The van der Waals surface area contributed by atoms with Crippen molar-refractivity contribution in [3.8, 4) is 0 Å². The molecule has 0 spiro atoms. The van der Waals surface area contributed by atoms with Gasteiger partial charge in [0.2, 0.25) is 0 Å². The molecular weight excluding hydrogens is 452 g/mol. The number of aliphatic hydroxyl groups excluding tert-OH is 2. The molecule has 0 aliphatic carbocycles. The van der Waals surface area contributed by atoms with Crippen molar-refractivity contribution in [1.82, 2.24) is 0 Å². The molecule has 3 heteroatoms. The first-order valence-corrected chi connectivity index (χ1v) is 12.1. The third-order valence-electron chi connectivity index (χ3n) is 5.75. The van der Waals surface area contributed by atoms with E-state index in [1.54, 1.807) is 20.0 Å². The molecule has 0 unspecified atom stereocenters. The normalized spacial score (nSPS) is 9.76. The first-order chi connectivity index (χ1) is 16.7. The maximum absolute atomic E-state index is 7.00. The van der Waals surface area contributed by atoms with Gasteiger partial charge < -0.3 is 10.2 Å². The summed E-state index contributed by atoms with van der Waals surface area (Å²) in [4.78, 5) is 3.25. The fourth-order valence-corrected chi connectivity index (χ4v) is 4.26. The van der Waals surface area contributed by atoms with Gasteiger partial charge in [0.1, 0.15) is 0 Å². The monoisotopic (exact) mass is 484 g/mol. The molecule has 172 valence electrons. The van der Waals surface area contributed by atoms with Gasteiger partial charge in [0, 0.05) is 14.2 Å². The van der Waals surface area contributed by atoms with Crippen LogP contribution in [0.5, 0.6) is 0 Å². The van der Waals surface area contributed by atoms with Crippen molar-refractivity contribution in [2.45, 2.75) is 13.8 Å². The molecule has 2 N–H and O–H groups in total. The first kappa shape index (κ1) is 27.4. The first-order valence-electron chi connectivity index (χ1n) is 11.0. The summed E-state index contributed by atoms with van der Waals surface area (Å²) in [5, 5.41) is 24.9. The average Bonchev–Trinajstić information content (AvgIpc) is 3.49. The van der Waals surface area contributed by atoms with Crippen molar-refractivity contribution in [1.29, 1.82) is 0 Å². The van der Waals surface area contributed by atoms with Crippen LogP contribution in [0.15, 0.2) is 97.1 Å². The van der Waals surface area contributed by atoms with Crippen molar-refractivity contribution in [3.63, 3.8) is 0 Å². The van der Waals surface area contributed by atoms with Crippen molar-refractivity contribution in [2.24, 2.45) is 0 Å². The fourth-order valence-electron chi connectivity index (χ4n) is 4.26. The molecule has 0 atom stereocenters. The minimum atomic E-state index is 1.00. The molecule has 6 rings (SSSR count). The van der Waals surface area contributed by atoms with Gasteiger partial charge in [-0.3, -0.25) is 0 Å². The molecule has 0 saturated carbocycles. The number of aliphatic hydroxyl groups is 2. The Balaban J connectivity index is 0.000000198. The van der Waals surface area contributed by atoms with Gasteiger partial charge in [0.25, 0.3) is 0 Å². The van der Waals surface area contributed by atoms with Gasteiger partial charge in [-0.15, -0.1) is 78.5 Å².